The third-order valence-electron chi connectivity index (χ3n) is 2.51. The van der Waals surface area contributed by atoms with Crippen molar-refractivity contribution in [2.75, 3.05) is 10.6 Å². The molecule has 0 aliphatic carbocycles. The minimum Gasteiger partial charge on any atom is -0.318 e. The van der Waals surface area contributed by atoms with Crippen LogP contribution in [0, 0.1) is 10.8 Å². The average Bonchev–Trinajstić information content (AvgIpc) is 2.58. The average molecular weight is 310 g/mol. The standard InChI is InChI=1S/C16H26N2O2S/c1-15(2,3)9-11(19)17-13-7-8-14(21-13)18-12(20)10-16(4,5)6/h7-8H,9-10H2,1-6H3,(H,17,19)(H,18,20). The highest BCUT2D eigenvalue weighted by Gasteiger charge is 2.18. The molecule has 0 unspecified atom stereocenters. The molecule has 0 spiro atoms. The van der Waals surface area contributed by atoms with Crippen molar-refractivity contribution in [1.29, 1.82) is 0 Å². The molecule has 0 atom stereocenters. The number of nitrogens with one attached hydrogen (secondary N) is 2. The first-order valence-electron chi connectivity index (χ1n) is 7.14. The topological polar surface area (TPSA) is 58.2 Å². The molecule has 0 aliphatic rings. The van der Waals surface area contributed by atoms with Crippen LogP contribution in [0.5, 0.6) is 0 Å². The van der Waals surface area contributed by atoms with Crippen LogP contribution in [0.1, 0.15) is 54.4 Å². The highest BCUT2D eigenvalue weighted by atomic mass is 32.1. The maximum Gasteiger partial charge on any atom is 0.225 e. The predicted octanol–water partition coefficient (Wildman–Crippen LogP) is 4.50. The normalized spacial score (nSPS) is 12.1. The van der Waals surface area contributed by atoms with Gasteiger partial charge in [0.05, 0.1) is 10.0 Å². The molecule has 1 aromatic heterocycles. The van der Waals surface area contributed by atoms with Gasteiger partial charge >= 0.3 is 0 Å². The Balaban J connectivity index is 2.54. The van der Waals surface area contributed by atoms with Crippen LogP contribution in [0.3, 0.4) is 0 Å². The van der Waals surface area contributed by atoms with E-state index in [9.17, 15) is 9.59 Å². The van der Waals surface area contributed by atoms with Crippen molar-refractivity contribution < 1.29 is 9.59 Å². The number of hydrogen-bond acceptors (Lipinski definition) is 3. The molecule has 1 aromatic rings. The van der Waals surface area contributed by atoms with Crippen molar-refractivity contribution in [3.05, 3.63) is 12.1 Å². The Hall–Kier alpha value is -1.36. The monoisotopic (exact) mass is 310 g/mol. The van der Waals surface area contributed by atoms with Gasteiger partial charge in [-0.25, -0.2) is 0 Å². The second kappa shape index (κ2) is 6.60. The van der Waals surface area contributed by atoms with Gasteiger partial charge in [-0.05, 0) is 23.0 Å². The number of anilines is 2. The van der Waals surface area contributed by atoms with Gasteiger partial charge in [-0.1, -0.05) is 41.5 Å². The molecule has 5 heteroatoms. The van der Waals surface area contributed by atoms with Gasteiger partial charge < -0.3 is 10.6 Å². The highest BCUT2D eigenvalue weighted by Crippen LogP contribution is 2.29. The van der Waals surface area contributed by atoms with Crippen LogP contribution in [0.25, 0.3) is 0 Å². The van der Waals surface area contributed by atoms with Crippen LogP contribution in [0.15, 0.2) is 12.1 Å². The fourth-order valence-corrected chi connectivity index (χ4v) is 2.64. The molecule has 1 heterocycles. The van der Waals surface area contributed by atoms with E-state index < -0.39 is 0 Å². The number of carbonyl (C=O) groups excluding carboxylic acids is 2. The molecule has 1 rings (SSSR count). The van der Waals surface area contributed by atoms with Crippen LogP contribution in [-0.4, -0.2) is 11.8 Å². The Morgan fingerprint density at radius 1 is 0.857 bits per heavy atom. The first-order chi connectivity index (χ1) is 9.44. The van der Waals surface area contributed by atoms with E-state index in [-0.39, 0.29) is 22.6 Å². The van der Waals surface area contributed by atoms with E-state index in [1.54, 1.807) is 0 Å². The van der Waals surface area contributed by atoms with E-state index in [4.69, 9.17) is 0 Å². The van der Waals surface area contributed by atoms with E-state index in [0.29, 0.717) is 12.8 Å². The molecule has 0 saturated carbocycles. The zero-order valence-electron chi connectivity index (χ0n) is 13.8. The SMILES string of the molecule is CC(C)(C)CC(=O)Nc1ccc(NC(=O)CC(C)(C)C)s1. The van der Waals surface area contributed by atoms with Gasteiger partial charge in [0.2, 0.25) is 11.8 Å². The molecule has 118 valence electrons. The summed E-state index contributed by atoms with van der Waals surface area (Å²) in [5.41, 5.74) is -0.0732. The predicted molar refractivity (Wildman–Crippen MR) is 89.7 cm³/mol. The summed E-state index contributed by atoms with van der Waals surface area (Å²) in [5.74, 6) is -0.00571. The van der Waals surface area contributed by atoms with Crippen molar-refractivity contribution >= 4 is 33.2 Å². The van der Waals surface area contributed by atoms with Gasteiger partial charge in [0.25, 0.3) is 0 Å². The van der Waals surface area contributed by atoms with Gasteiger partial charge in [0.15, 0.2) is 0 Å². The smallest absolute Gasteiger partial charge is 0.225 e. The Labute approximate surface area is 131 Å². The van der Waals surface area contributed by atoms with Crippen LogP contribution >= 0.6 is 11.3 Å². The van der Waals surface area contributed by atoms with E-state index in [1.165, 1.54) is 11.3 Å². The molecule has 0 aromatic carbocycles. The Kier molecular flexibility index (Phi) is 5.56. The van der Waals surface area contributed by atoms with Crippen LogP contribution < -0.4 is 10.6 Å². The maximum atomic E-state index is 11.9. The van der Waals surface area contributed by atoms with Crippen molar-refractivity contribution in [2.45, 2.75) is 54.4 Å². The Morgan fingerprint density at radius 3 is 1.48 bits per heavy atom. The van der Waals surface area contributed by atoms with E-state index in [0.717, 1.165) is 10.0 Å². The second-order valence-corrected chi connectivity index (χ2v) is 8.82. The van der Waals surface area contributed by atoms with Crippen molar-refractivity contribution in [2.24, 2.45) is 10.8 Å². The summed E-state index contributed by atoms with van der Waals surface area (Å²) in [6, 6.07) is 3.63. The molecule has 0 bridgehead atoms. The Bertz CT molecular complexity index is 463. The molecule has 2 N–H and O–H groups in total. The van der Waals surface area contributed by atoms with E-state index in [2.05, 4.69) is 10.6 Å². The fourth-order valence-electron chi connectivity index (χ4n) is 1.80. The molecule has 0 aliphatic heterocycles. The number of rotatable bonds is 4. The third kappa shape index (κ3) is 7.85. The molecule has 4 nitrogen and oxygen atoms in total. The first-order valence-corrected chi connectivity index (χ1v) is 7.96. The minimum absolute atomic E-state index is 0.00285. The van der Waals surface area contributed by atoms with Crippen LogP contribution in [0.2, 0.25) is 0 Å². The summed E-state index contributed by atoms with van der Waals surface area (Å²) in [4.78, 5) is 23.7. The van der Waals surface area contributed by atoms with Gasteiger partial charge in [0, 0.05) is 12.8 Å². The maximum absolute atomic E-state index is 11.9. The highest BCUT2D eigenvalue weighted by molar-refractivity contribution is 7.20. The summed E-state index contributed by atoms with van der Waals surface area (Å²) in [5, 5.41) is 7.26. The summed E-state index contributed by atoms with van der Waals surface area (Å²) in [6.45, 7) is 12.2. The molecule has 2 amide bonds. The quantitative estimate of drug-likeness (QED) is 0.860. The summed E-state index contributed by atoms with van der Waals surface area (Å²) in [6.07, 6.45) is 0.938. The lowest BCUT2D eigenvalue weighted by molar-refractivity contribution is -0.118. The van der Waals surface area contributed by atoms with Gasteiger partial charge in [-0.15, -0.1) is 11.3 Å². The molecule has 21 heavy (non-hydrogen) atoms. The number of amides is 2. The first kappa shape index (κ1) is 17.7. The van der Waals surface area contributed by atoms with Crippen LogP contribution in [-0.2, 0) is 9.59 Å². The molecule has 0 radical (unpaired) electrons. The van der Waals surface area contributed by atoms with E-state index in [1.807, 2.05) is 53.7 Å². The largest absolute Gasteiger partial charge is 0.318 e. The summed E-state index contributed by atoms with van der Waals surface area (Å²) >= 11 is 1.38. The van der Waals surface area contributed by atoms with Crippen molar-refractivity contribution in [3.8, 4) is 0 Å². The van der Waals surface area contributed by atoms with Crippen molar-refractivity contribution in [3.63, 3.8) is 0 Å². The van der Waals surface area contributed by atoms with Gasteiger partial charge in [-0.2, -0.15) is 0 Å². The van der Waals surface area contributed by atoms with Crippen LogP contribution in [0.4, 0.5) is 10.0 Å². The molecule has 0 fully saturated rings. The van der Waals surface area contributed by atoms with Gasteiger partial charge in [0.1, 0.15) is 0 Å². The zero-order chi connectivity index (χ0) is 16.3. The second-order valence-electron chi connectivity index (χ2n) is 7.74. The van der Waals surface area contributed by atoms with Crippen molar-refractivity contribution in [1.82, 2.24) is 0 Å². The molecular formula is C16H26N2O2S. The zero-order valence-corrected chi connectivity index (χ0v) is 14.6. The lowest BCUT2D eigenvalue weighted by Gasteiger charge is -2.17. The van der Waals surface area contributed by atoms with E-state index >= 15 is 0 Å². The fraction of sp³-hybridized carbons (Fsp3) is 0.625. The van der Waals surface area contributed by atoms with Gasteiger partial charge in [-0.3, -0.25) is 9.59 Å². The third-order valence-corrected chi connectivity index (χ3v) is 3.43. The lowest BCUT2D eigenvalue weighted by Crippen LogP contribution is -2.19. The number of thiophene rings is 1. The lowest BCUT2D eigenvalue weighted by atomic mass is 9.92. The molecular weight excluding hydrogens is 284 g/mol. The summed E-state index contributed by atoms with van der Waals surface area (Å²) in [7, 11) is 0. The molecule has 0 saturated heterocycles. The summed E-state index contributed by atoms with van der Waals surface area (Å²) < 4.78 is 0. The minimum atomic E-state index is -0.0366. The number of carbonyl (C=O) groups is 2. The number of hydrogen-bond donors (Lipinski definition) is 2. The Morgan fingerprint density at radius 2 is 1.19 bits per heavy atom.